The Hall–Kier alpha value is -1.10. The largest absolute Gasteiger partial charge is 0.465 e. The number of hydrogen-bond donors (Lipinski definition) is 1. The van der Waals surface area contributed by atoms with Crippen LogP contribution in [0, 0.1) is 0 Å². The molecule has 1 heterocycles. The van der Waals surface area contributed by atoms with E-state index in [1.54, 1.807) is 0 Å². The van der Waals surface area contributed by atoms with Crippen LogP contribution in [-0.4, -0.2) is 18.1 Å². The average molecular weight is 159 g/mol. The minimum atomic E-state index is -0.483. The summed E-state index contributed by atoms with van der Waals surface area (Å²) in [5, 5.41) is 0. The third kappa shape index (κ3) is 1.24. The molecule has 1 aromatic rings. The molecule has 0 unspecified atom stereocenters. The van der Waals surface area contributed by atoms with Gasteiger partial charge in [-0.2, -0.15) is 0 Å². The van der Waals surface area contributed by atoms with Gasteiger partial charge in [-0.05, 0) is 0 Å². The van der Waals surface area contributed by atoms with Gasteiger partial charge in [-0.1, -0.05) is 11.3 Å². The minimum Gasteiger partial charge on any atom is -0.465 e. The molecule has 0 amide bonds. The van der Waals surface area contributed by atoms with Crippen molar-refractivity contribution in [2.45, 2.75) is 0 Å². The third-order valence-corrected chi connectivity index (χ3v) is 1.72. The van der Waals surface area contributed by atoms with E-state index in [2.05, 4.69) is 9.72 Å². The van der Waals surface area contributed by atoms with Crippen LogP contribution in [0.2, 0.25) is 0 Å². The van der Waals surface area contributed by atoms with E-state index in [4.69, 9.17) is 0 Å². The first-order chi connectivity index (χ1) is 4.74. The number of aromatic nitrogens is 1. The second kappa shape index (κ2) is 2.66. The number of ether oxygens (including phenoxy) is 1. The monoisotopic (exact) mass is 159 g/mol. The van der Waals surface area contributed by atoms with Crippen molar-refractivity contribution >= 4 is 17.3 Å². The lowest BCUT2D eigenvalue weighted by Crippen LogP contribution is -1.97. The predicted molar refractivity (Wildman–Crippen MR) is 36.3 cm³/mol. The van der Waals surface area contributed by atoms with Crippen molar-refractivity contribution in [3.8, 4) is 0 Å². The van der Waals surface area contributed by atoms with Gasteiger partial charge in [0.15, 0.2) is 0 Å². The van der Waals surface area contributed by atoms with Crippen LogP contribution in [0.4, 0.5) is 0 Å². The molecule has 10 heavy (non-hydrogen) atoms. The van der Waals surface area contributed by atoms with Crippen LogP contribution in [0.1, 0.15) is 9.67 Å². The molecule has 1 rings (SSSR count). The van der Waals surface area contributed by atoms with Gasteiger partial charge >= 0.3 is 10.8 Å². The number of carbonyl (C=O) groups is 1. The summed E-state index contributed by atoms with van der Waals surface area (Å²) < 4.78 is 4.36. The van der Waals surface area contributed by atoms with Gasteiger partial charge in [-0.3, -0.25) is 4.79 Å². The van der Waals surface area contributed by atoms with E-state index in [1.807, 2.05) is 0 Å². The van der Waals surface area contributed by atoms with Gasteiger partial charge in [0.05, 0.1) is 7.11 Å². The van der Waals surface area contributed by atoms with Crippen LogP contribution >= 0.6 is 11.3 Å². The van der Waals surface area contributed by atoms with E-state index in [-0.39, 0.29) is 4.87 Å². The molecule has 5 heteroatoms. The highest BCUT2D eigenvalue weighted by atomic mass is 32.1. The summed E-state index contributed by atoms with van der Waals surface area (Å²) >= 11 is 0.835. The number of nitrogens with one attached hydrogen (secondary N) is 1. The van der Waals surface area contributed by atoms with Crippen LogP contribution < -0.4 is 4.87 Å². The van der Waals surface area contributed by atoms with Gasteiger partial charge in [0.2, 0.25) is 0 Å². The van der Waals surface area contributed by atoms with Crippen LogP contribution in [0.3, 0.4) is 0 Å². The molecular formula is C5H5NO3S. The molecule has 4 nitrogen and oxygen atoms in total. The Bertz CT molecular complexity index is 287. The number of hydrogen-bond acceptors (Lipinski definition) is 4. The average Bonchev–Trinajstić information content (AvgIpc) is 2.34. The standard InChI is InChI=1S/C5H5NO3S/c1-9-4(7)3-2-6-5(8)10-3/h2H,1H3,(H,6,8). The van der Waals surface area contributed by atoms with Gasteiger partial charge in [-0.25, -0.2) is 4.79 Å². The first kappa shape index (κ1) is 7.01. The maximum absolute atomic E-state index is 10.7. The van der Waals surface area contributed by atoms with Crippen molar-refractivity contribution in [3.05, 3.63) is 20.7 Å². The Labute approximate surface area is 60.5 Å². The van der Waals surface area contributed by atoms with E-state index in [1.165, 1.54) is 13.3 Å². The van der Waals surface area contributed by atoms with Gasteiger partial charge < -0.3 is 9.72 Å². The van der Waals surface area contributed by atoms with Crippen molar-refractivity contribution in [1.29, 1.82) is 0 Å². The maximum Gasteiger partial charge on any atom is 0.349 e. The van der Waals surface area contributed by atoms with Gasteiger partial charge in [0.1, 0.15) is 4.88 Å². The van der Waals surface area contributed by atoms with Crippen LogP contribution in [0.25, 0.3) is 0 Å². The summed E-state index contributed by atoms with van der Waals surface area (Å²) in [6.45, 7) is 0. The summed E-state index contributed by atoms with van der Waals surface area (Å²) in [6.07, 6.45) is 1.33. The van der Waals surface area contributed by atoms with Crippen LogP contribution in [0.5, 0.6) is 0 Å². The summed E-state index contributed by atoms with van der Waals surface area (Å²) in [5.41, 5.74) is 0. The van der Waals surface area contributed by atoms with Crippen molar-refractivity contribution in [3.63, 3.8) is 0 Å². The lowest BCUT2D eigenvalue weighted by molar-refractivity contribution is 0.0606. The smallest absolute Gasteiger partial charge is 0.349 e. The lowest BCUT2D eigenvalue weighted by atomic mass is 10.6. The third-order valence-electron chi connectivity index (χ3n) is 0.910. The highest BCUT2D eigenvalue weighted by Crippen LogP contribution is 2.00. The van der Waals surface area contributed by atoms with Crippen molar-refractivity contribution in [1.82, 2.24) is 4.98 Å². The fraction of sp³-hybridized carbons (Fsp3) is 0.200. The quantitative estimate of drug-likeness (QED) is 0.596. The highest BCUT2D eigenvalue weighted by molar-refractivity contribution is 7.11. The van der Waals surface area contributed by atoms with Gasteiger partial charge in [-0.15, -0.1) is 0 Å². The van der Waals surface area contributed by atoms with Gasteiger partial charge in [0, 0.05) is 6.20 Å². The SMILES string of the molecule is COC(=O)c1c[nH]c(=O)s1. The minimum absolute atomic E-state index is 0.250. The van der Waals surface area contributed by atoms with Gasteiger partial charge in [0.25, 0.3) is 0 Å². The van der Waals surface area contributed by atoms with Crippen molar-refractivity contribution < 1.29 is 9.53 Å². The molecule has 0 fully saturated rings. The summed E-state index contributed by atoms with van der Waals surface area (Å²) in [7, 11) is 1.27. The second-order valence-electron chi connectivity index (χ2n) is 1.53. The summed E-state index contributed by atoms with van der Waals surface area (Å²) in [5.74, 6) is -0.483. The van der Waals surface area contributed by atoms with Crippen molar-refractivity contribution in [2.24, 2.45) is 0 Å². The number of aromatic amines is 1. The fourth-order valence-corrected chi connectivity index (χ4v) is 1.09. The molecule has 0 spiro atoms. The van der Waals surface area contributed by atoms with Crippen LogP contribution in [-0.2, 0) is 4.74 Å². The molecule has 1 N–H and O–H groups in total. The molecular weight excluding hydrogens is 154 g/mol. The van der Waals surface area contributed by atoms with E-state index in [9.17, 15) is 9.59 Å². The second-order valence-corrected chi connectivity index (χ2v) is 2.55. The van der Waals surface area contributed by atoms with Crippen LogP contribution in [0.15, 0.2) is 11.0 Å². The Morgan fingerprint density at radius 2 is 2.50 bits per heavy atom. The fourth-order valence-electron chi connectivity index (χ4n) is 0.484. The van der Waals surface area contributed by atoms with E-state index >= 15 is 0 Å². The van der Waals surface area contributed by atoms with Crippen molar-refractivity contribution in [2.75, 3.05) is 7.11 Å². The molecule has 0 aliphatic heterocycles. The predicted octanol–water partition coefficient (Wildman–Crippen LogP) is 0.223. The topological polar surface area (TPSA) is 59.2 Å². The number of thiazole rings is 1. The number of rotatable bonds is 1. The normalized spacial score (nSPS) is 9.30. The lowest BCUT2D eigenvalue weighted by Gasteiger charge is -1.89. The Morgan fingerprint density at radius 1 is 1.80 bits per heavy atom. The van der Waals surface area contributed by atoms with E-state index < -0.39 is 5.97 Å². The molecule has 0 saturated carbocycles. The number of carbonyl (C=O) groups excluding carboxylic acids is 1. The molecule has 0 aromatic carbocycles. The number of H-pyrrole nitrogens is 1. The Balaban J connectivity index is 2.95. The molecule has 0 bridgehead atoms. The number of methoxy groups -OCH3 is 1. The molecule has 0 aliphatic carbocycles. The molecule has 0 radical (unpaired) electrons. The maximum atomic E-state index is 10.7. The zero-order chi connectivity index (χ0) is 7.56. The Kier molecular flexibility index (Phi) is 1.86. The molecule has 1 aromatic heterocycles. The molecule has 0 atom stereocenters. The van der Waals surface area contributed by atoms with E-state index in [0.29, 0.717) is 4.88 Å². The zero-order valence-corrected chi connectivity index (χ0v) is 6.03. The summed E-state index contributed by atoms with van der Waals surface area (Å²) in [6, 6.07) is 0. The first-order valence-electron chi connectivity index (χ1n) is 2.51. The Morgan fingerprint density at radius 3 is 2.90 bits per heavy atom. The molecule has 54 valence electrons. The number of esters is 1. The first-order valence-corrected chi connectivity index (χ1v) is 3.32. The highest BCUT2D eigenvalue weighted by Gasteiger charge is 2.06. The molecule has 0 aliphatic rings. The zero-order valence-electron chi connectivity index (χ0n) is 5.21. The summed E-state index contributed by atoms with van der Waals surface area (Å²) in [4.78, 5) is 23.5. The molecule has 0 saturated heterocycles. The van der Waals surface area contributed by atoms with E-state index in [0.717, 1.165) is 11.3 Å².